The second-order valence-electron chi connectivity index (χ2n) is 4.57. The highest BCUT2D eigenvalue weighted by Crippen LogP contribution is 2.23. The maximum atomic E-state index is 12.8. The van der Waals surface area contributed by atoms with Crippen LogP contribution < -0.4 is 9.46 Å². The molecule has 0 bridgehead atoms. The number of methoxy groups -OCH3 is 1. The minimum Gasteiger partial charge on any atom is -0.496 e. The molecule has 0 amide bonds. The number of nitrogens with one attached hydrogen (secondary N) is 1. The molecule has 2 aromatic carbocycles. The number of halogens is 2. The molecule has 0 aliphatic rings. The Morgan fingerprint density at radius 2 is 1.86 bits per heavy atom. The van der Waals surface area contributed by atoms with Crippen molar-refractivity contribution in [3.8, 4) is 5.75 Å². The van der Waals surface area contributed by atoms with E-state index < -0.39 is 10.0 Å². The Morgan fingerprint density at radius 1 is 1.18 bits per heavy atom. The van der Waals surface area contributed by atoms with Crippen molar-refractivity contribution in [2.24, 2.45) is 0 Å². The monoisotopic (exact) mass is 435 g/mol. The number of benzene rings is 2. The van der Waals surface area contributed by atoms with Crippen LogP contribution in [0.4, 0.5) is 4.39 Å². The summed E-state index contributed by atoms with van der Waals surface area (Å²) in [5.41, 5.74) is 0.869. The lowest BCUT2D eigenvalue weighted by Crippen LogP contribution is -2.26. The molecule has 0 saturated carbocycles. The Labute approximate surface area is 142 Å². The zero-order valence-electron chi connectivity index (χ0n) is 11.8. The van der Waals surface area contributed by atoms with E-state index in [-0.39, 0.29) is 17.3 Å². The molecule has 4 nitrogen and oxygen atoms in total. The molecule has 0 atom stereocenters. The largest absolute Gasteiger partial charge is 0.496 e. The fourth-order valence-corrected chi connectivity index (χ4v) is 3.88. The number of sulfonamides is 1. The molecule has 0 fully saturated rings. The summed E-state index contributed by atoms with van der Waals surface area (Å²) in [5, 5.41) is 0. The summed E-state index contributed by atoms with van der Waals surface area (Å²) in [4.78, 5) is 0.191. The second-order valence-corrected chi connectivity index (χ2v) is 7.50. The third-order valence-corrected chi connectivity index (χ3v) is 5.35. The van der Waals surface area contributed by atoms with Gasteiger partial charge in [0.25, 0.3) is 0 Å². The van der Waals surface area contributed by atoms with Crippen LogP contribution in [-0.2, 0) is 16.4 Å². The quantitative estimate of drug-likeness (QED) is 0.711. The first kappa shape index (κ1) is 17.2. The molecule has 1 N–H and O–H groups in total. The third kappa shape index (κ3) is 4.40. The molecule has 118 valence electrons. The molecule has 22 heavy (non-hydrogen) atoms. The summed E-state index contributed by atoms with van der Waals surface area (Å²) in [7, 11) is -2.04. The van der Waals surface area contributed by atoms with Gasteiger partial charge in [0.15, 0.2) is 0 Å². The van der Waals surface area contributed by atoms with E-state index in [0.29, 0.717) is 12.2 Å². The van der Waals surface area contributed by atoms with Gasteiger partial charge in [-0.25, -0.2) is 17.5 Å². The highest BCUT2D eigenvalue weighted by Gasteiger charge is 2.15. The van der Waals surface area contributed by atoms with Gasteiger partial charge in [-0.05, 0) is 64.9 Å². The van der Waals surface area contributed by atoms with Gasteiger partial charge in [0, 0.05) is 6.54 Å². The van der Waals surface area contributed by atoms with E-state index >= 15 is 0 Å². The molecule has 7 heteroatoms. The zero-order chi connectivity index (χ0) is 16.2. The van der Waals surface area contributed by atoms with E-state index in [9.17, 15) is 12.8 Å². The molecular weight excluding hydrogens is 420 g/mol. The summed E-state index contributed by atoms with van der Waals surface area (Å²) in [6.45, 7) is 0.247. The first-order chi connectivity index (χ1) is 10.4. The average molecular weight is 435 g/mol. The standard InChI is InChI=1S/C15H15FINO3S/c1-21-15-7-6-13(10-14(15)17)22(19,20)18-9-8-11-2-4-12(16)5-3-11/h2-7,10,18H,8-9H2,1H3. The lowest BCUT2D eigenvalue weighted by Gasteiger charge is -2.09. The average Bonchev–Trinajstić information content (AvgIpc) is 2.49. The number of hydrogen-bond donors (Lipinski definition) is 1. The van der Waals surface area contributed by atoms with Gasteiger partial charge in [0.2, 0.25) is 10.0 Å². The Kier molecular flexibility index (Phi) is 5.76. The summed E-state index contributed by atoms with van der Waals surface area (Å²) in [5.74, 6) is 0.322. The van der Waals surface area contributed by atoms with E-state index in [2.05, 4.69) is 4.72 Å². The van der Waals surface area contributed by atoms with Crippen molar-refractivity contribution >= 4 is 32.6 Å². The summed E-state index contributed by atoms with van der Waals surface area (Å²) in [6, 6.07) is 10.7. The maximum Gasteiger partial charge on any atom is 0.240 e. The van der Waals surface area contributed by atoms with Crippen molar-refractivity contribution < 1.29 is 17.5 Å². The SMILES string of the molecule is COc1ccc(S(=O)(=O)NCCc2ccc(F)cc2)cc1I. The van der Waals surface area contributed by atoms with Gasteiger partial charge in [0.05, 0.1) is 15.6 Å². The van der Waals surface area contributed by atoms with Crippen LogP contribution in [0, 0.1) is 9.39 Å². The van der Waals surface area contributed by atoms with E-state index in [1.54, 1.807) is 24.3 Å². The second kappa shape index (κ2) is 7.38. The van der Waals surface area contributed by atoms with E-state index in [1.165, 1.54) is 25.3 Å². The molecule has 0 saturated heterocycles. The Balaban J connectivity index is 2.02. The molecule has 2 aromatic rings. The lowest BCUT2D eigenvalue weighted by molar-refractivity contribution is 0.411. The van der Waals surface area contributed by atoms with Crippen LogP contribution in [0.25, 0.3) is 0 Å². The van der Waals surface area contributed by atoms with Crippen LogP contribution in [0.5, 0.6) is 5.75 Å². The van der Waals surface area contributed by atoms with Crippen molar-refractivity contribution in [2.45, 2.75) is 11.3 Å². The van der Waals surface area contributed by atoms with Gasteiger partial charge >= 0.3 is 0 Å². The summed E-state index contributed by atoms with van der Waals surface area (Å²) in [6.07, 6.45) is 0.493. The summed E-state index contributed by atoms with van der Waals surface area (Å²) < 4.78 is 45.6. The topological polar surface area (TPSA) is 55.4 Å². The van der Waals surface area contributed by atoms with Gasteiger partial charge in [-0.1, -0.05) is 12.1 Å². The van der Waals surface area contributed by atoms with Crippen LogP contribution in [0.1, 0.15) is 5.56 Å². The number of ether oxygens (including phenoxy) is 1. The Bertz CT molecular complexity index is 748. The molecule has 0 aliphatic carbocycles. The minimum atomic E-state index is -3.57. The van der Waals surface area contributed by atoms with Gasteiger partial charge in [0.1, 0.15) is 11.6 Å². The van der Waals surface area contributed by atoms with E-state index in [0.717, 1.165) is 9.13 Å². The first-order valence-corrected chi connectivity index (χ1v) is 9.06. The van der Waals surface area contributed by atoms with Crippen LogP contribution in [0.15, 0.2) is 47.4 Å². The fourth-order valence-electron chi connectivity index (χ4n) is 1.88. The number of rotatable bonds is 6. The molecule has 0 spiro atoms. The molecule has 0 heterocycles. The first-order valence-electron chi connectivity index (χ1n) is 6.50. The maximum absolute atomic E-state index is 12.8. The van der Waals surface area contributed by atoms with Crippen molar-refractivity contribution in [3.05, 3.63) is 57.4 Å². The zero-order valence-corrected chi connectivity index (χ0v) is 14.8. The predicted molar refractivity (Wildman–Crippen MR) is 91.0 cm³/mol. The normalized spacial score (nSPS) is 11.4. The molecule has 0 radical (unpaired) electrons. The summed E-state index contributed by atoms with van der Waals surface area (Å²) >= 11 is 2.02. The molecule has 0 aliphatic heterocycles. The fraction of sp³-hybridized carbons (Fsp3) is 0.200. The third-order valence-electron chi connectivity index (χ3n) is 3.05. The van der Waals surface area contributed by atoms with Crippen LogP contribution in [0.2, 0.25) is 0 Å². The lowest BCUT2D eigenvalue weighted by atomic mass is 10.1. The van der Waals surface area contributed by atoms with E-state index in [1.807, 2.05) is 22.6 Å². The predicted octanol–water partition coefficient (Wildman–Crippen LogP) is 2.96. The van der Waals surface area contributed by atoms with Crippen molar-refractivity contribution in [3.63, 3.8) is 0 Å². The Morgan fingerprint density at radius 3 is 2.45 bits per heavy atom. The van der Waals surface area contributed by atoms with Crippen LogP contribution in [0.3, 0.4) is 0 Å². The molecule has 2 rings (SSSR count). The highest BCUT2D eigenvalue weighted by atomic mass is 127. The van der Waals surface area contributed by atoms with Crippen LogP contribution >= 0.6 is 22.6 Å². The smallest absolute Gasteiger partial charge is 0.240 e. The van der Waals surface area contributed by atoms with Crippen molar-refractivity contribution in [2.75, 3.05) is 13.7 Å². The van der Waals surface area contributed by atoms with Gasteiger partial charge in [-0.3, -0.25) is 0 Å². The van der Waals surface area contributed by atoms with Gasteiger partial charge in [-0.2, -0.15) is 0 Å². The van der Waals surface area contributed by atoms with E-state index in [4.69, 9.17) is 4.74 Å². The van der Waals surface area contributed by atoms with Gasteiger partial charge < -0.3 is 4.74 Å². The minimum absolute atomic E-state index is 0.191. The molecular formula is C15H15FINO3S. The van der Waals surface area contributed by atoms with Crippen molar-refractivity contribution in [1.82, 2.24) is 4.72 Å². The van der Waals surface area contributed by atoms with Gasteiger partial charge in [-0.15, -0.1) is 0 Å². The molecule has 0 aromatic heterocycles. The van der Waals surface area contributed by atoms with Crippen molar-refractivity contribution in [1.29, 1.82) is 0 Å². The number of hydrogen-bond acceptors (Lipinski definition) is 3. The van der Waals surface area contributed by atoms with Crippen LogP contribution in [-0.4, -0.2) is 22.1 Å². The Hall–Kier alpha value is -1.19. The molecule has 0 unspecified atom stereocenters. The highest BCUT2D eigenvalue weighted by molar-refractivity contribution is 14.1.